The summed E-state index contributed by atoms with van der Waals surface area (Å²) in [7, 11) is 7.14. The summed E-state index contributed by atoms with van der Waals surface area (Å²) in [5, 5.41) is 2.97. The van der Waals surface area contributed by atoms with Crippen LogP contribution in [0.25, 0.3) is 0 Å². The smallest absolute Gasteiger partial charge is 0.230 e. The fourth-order valence-electron chi connectivity index (χ4n) is 1.97. The van der Waals surface area contributed by atoms with Crippen LogP contribution >= 0.6 is 0 Å². The molecule has 118 valence electrons. The van der Waals surface area contributed by atoms with Crippen LogP contribution in [-0.2, 0) is 10.2 Å². The summed E-state index contributed by atoms with van der Waals surface area (Å²) in [6.45, 7) is 5.24. The van der Waals surface area contributed by atoms with Gasteiger partial charge in [-0.25, -0.2) is 0 Å². The Labute approximate surface area is 127 Å². The van der Waals surface area contributed by atoms with Crippen molar-refractivity contribution in [2.75, 3.05) is 41.4 Å². The summed E-state index contributed by atoms with van der Waals surface area (Å²) in [6, 6.07) is 5.57. The lowest BCUT2D eigenvalue weighted by molar-refractivity contribution is -0.125. The average Bonchev–Trinajstić information content (AvgIpc) is 2.45. The number of amides is 1. The van der Waals surface area contributed by atoms with Gasteiger partial charge in [0.1, 0.15) is 0 Å². The van der Waals surface area contributed by atoms with E-state index >= 15 is 0 Å². The van der Waals surface area contributed by atoms with E-state index in [9.17, 15) is 4.79 Å². The lowest BCUT2D eigenvalue weighted by atomic mass is 9.83. The monoisotopic (exact) mass is 294 g/mol. The molecule has 0 unspecified atom stereocenters. The molecule has 1 aromatic carbocycles. The van der Waals surface area contributed by atoms with Gasteiger partial charge in [0.05, 0.1) is 19.6 Å². The number of nitrogens with one attached hydrogen (secondary N) is 1. The first-order chi connectivity index (χ1) is 9.82. The number of hydrogen-bond acceptors (Lipinski definition) is 4. The Morgan fingerprint density at radius 1 is 1.19 bits per heavy atom. The van der Waals surface area contributed by atoms with E-state index in [1.807, 2.05) is 51.0 Å². The molecule has 1 rings (SSSR count). The second kappa shape index (κ2) is 7.31. The number of methoxy groups -OCH3 is 2. The first kappa shape index (κ1) is 17.3. The molecule has 0 spiro atoms. The van der Waals surface area contributed by atoms with Gasteiger partial charge in [-0.1, -0.05) is 6.07 Å². The highest BCUT2D eigenvalue weighted by Crippen LogP contribution is 2.33. The van der Waals surface area contributed by atoms with Crippen molar-refractivity contribution < 1.29 is 14.3 Å². The number of rotatable bonds is 7. The quantitative estimate of drug-likeness (QED) is 0.831. The van der Waals surface area contributed by atoms with Crippen molar-refractivity contribution in [1.82, 2.24) is 10.2 Å². The van der Waals surface area contributed by atoms with Crippen LogP contribution in [0.15, 0.2) is 18.2 Å². The summed E-state index contributed by atoms with van der Waals surface area (Å²) in [5.74, 6) is 1.28. The molecule has 0 heterocycles. The predicted octanol–water partition coefficient (Wildman–Crippen LogP) is 1.66. The van der Waals surface area contributed by atoms with Gasteiger partial charge in [-0.2, -0.15) is 0 Å². The molecule has 0 aliphatic heterocycles. The second-order valence-corrected chi connectivity index (χ2v) is 5.75. The summed E-state index contributed by atoms with van der Waals surface area (Å²) < 4.78 is 10.5. The normalized spacial score (nSPS) is 11.4. The van der Waals surface area contributed by atoms with E-state index in [1.54, 1.807) is 14.2 Å². The minimum atomic E-state index is -0.633. The average molecular weight is 294 g/mol. The molecule has 0 atom stereocenters. The molecule has 0 aromatic heterocycles. The molecule has 0 aliphatic rings. The van der Waals surface area contributed by atoms with Crippen LogP contribution < -0.4 is 14.8 Å². The molecule has 1 amide bonds. The molecule has 0 aliphatic carbocycles. The van der Waals surface area contributed by atoms with Crippen LogP contribution in [0.2, 0.25) is 0 Å². The van der Waals surface area contributed by atoms with E-state index in [2.05, 4.69) is 5.32 Å². The number of likely N-dealkylation sites (N-methyl/N-ethyl adjacent to an activating group) is 1. The standard InChI is InChI=1S/C16H26N2O3/c1-16(2,15(19)17-9-10-18(3)4)12-7-8-13(20-5)14(11-12)21-6/h7-8,11H,9-10H2,1-6H3,(H,17,19). The maximum Gasteiger partial charge on any atom is 0.230 e. The number of hydrogen-bond donors (Lipinski definition) is 1. The maximum absolute atomic E-state index is 12.4. The lowest BCUT2D eigenvalue weighted by Gasteiger charge is -2.25. The van der Waals surface area contributed by atoms with Gasteiger partial charge >= 0.3 is 0 Å². The largest absolute Gasteiger partial charge is 0.493 e. The second-order valence-electron chi connectivity index (χ2n) is 5.75. The van der Waals surface area contributed by atoms with Crippen molar-refractivity contribution in [3.8, 4) is 11.5 Å². The number of carbonyl (C=O) groups is 1. The van der Waals surface area contributed by atoms with Gasteiger partial charge in [0.15, 0.2) is 11.5 Å². The molecule has 0 fully saturated rings. The zero-order valence-corrected chi connectivity index (χ0v) is 13.8. The van der Waals surface area contributed by atoms with Crippen molar-refractivity contribution in [1.29, 1.82) is 0 Å². The SMILES string of the molecule is COc1ccc(C(C)(C)C(=O)NCCN(C)C)cc1OC. The van der Waals surface area contributed by atoms with Crippen molar-refractivity contribution in [2.45, 2.75) is 19.3 Å². The van der Waals surface area contributed by atoms with Crippen LogP contribution in [0.4, 0.5) is 0 Å². The molecule has 1 N–H and O–H groups in total. The third-order valence-electron chi connectivity index (χ3n) is 3.52. The van der Waals surface area contributed by atoms with Crippen LogP contribution in [0.1, 0.15) is 19.4 Å². The van der Waals surface area contributed by atoms with E-state index < -0.39 is 5.41 Å². The van der Waals surface area contributed by atoms with Gasteiger partial charge in [-0.3, -0.25) is 4.79 Å². The number of ether oxygens (including phenoxy) is 2. The molecular weight excluding hydrogens is 268 g/mol. The minimum Gasteiger partial charge on any atom is -0.493 e. The highest BCUT2D eigenvalue weighted by atomic mass is 16.5. The maximum atomic E-state index is 12.4. The highest BCUT2D eigenvalue weighted by Gasteiger charge is 2.30. The summed E-state index contributed by atoms with van der Waals surface area (Å²) >= 11 is 0. The molecule has 0 saturated carbocycles. The first-order valence-electron chi connectivity index (χ1n) is 6.98. The molecule has 21 heavy (non-hydrogen) atoms. The molecule has 5 nitrogen and oxygen atoms in total. The Balaban J connectivity index is 2.88. The van der Waals surface area contributed by atoms with Crippen molar-refractivity contribution in [3.63, 3.8) is 0 Å². The Morgan fingerprint density at radius 3 is 2.33 bits per heavy atom. The summed E-state index contributed by atoms with van der Waals surface area (Å²) in [4.78, 5) is 14.4. The highest BCUT2D eigenvalue weighted by molar-refractivity contribution is 5.87. The van der Waals surface area contributed by atoms with Crippen LogP contribution in [0.3, 0.4) is 0 Å². The Hall–Kier alpha value is -1.75. The Morgan fingerprint density at radius 2 is 1.81 bits per heavy atom. The number of carbonyl (C=O) groups excluding carboxylic acids is 1. The topological polar surface area (TPSA) is 50.8 Å². The van der Waals surface area contributed by atoms with Gasteiger partial charge in [0.2, 0.25) is 5.91 Å². The van der Waals surface area contributed by atoms with E-state index in [0.717, 1.165) is 12.1 Å². The summed E-state index contributed by atoms with van der Waals surface area (Å²) in [5.41, 5.74) is 0.258. The van der Waals surface area contributed by atoms with Gasteiger partial charge in [0.25, 0.3) is 0 Å². The Bertz CT molecular complexity index is 484. The van der Waals surface area contributed by atoms with Gasteiger partial charge in [0, 0.05) is 13.1 Å². The van der Waals surface area contributed by atoms with E-state index in [4.69, 9.17) is 9.47 Å². The van der Waals surface area contributed by atoms with Gasteiger partial charge in [-0.05, 0) is 45.6 Å². The first-order valence-corrected chi connectivity index (χ1v) is 6.98. The third-order valence-corrected chi connectivity index (χ3v) is 3.52. The predicted molar refractivity (Wildman–Crippen MR) is 84.1 cm³/mol. The molecule has 1 aromatic rings. The molecule has 0 bridgehead atoms. The fourth-order valence-corrected chi connectivity index (χ4v) is 1.97. The van der Waals surface area contributed by atoms with E-state index in [0.29, 0.717) is 18.0 Å². The zero-order chi connectivity index (χ0) is 16.0. The fraction of sp³-hybridized carbons (Fsp3) is 0.562. The third kappa shape index (κ3) is 4.36. The van der Waals surface area contributed by atoms with Gasteiger partial charge < -0.3 is 19.7 Å². The number of nitrogens with zero attached hydrogens (tertiary/aromatic N) is 1. The number of benzene rings is 1. The van der Waals surface area contributed by atoms with Crippen LogP contribution in [0.5, 0.6) is 11.5 Å². The van der Waals surface area contributed by atoms with E-state index in [1.165, 1.54) is 0 Å². The van der Waals surface area contributed by atoms with Crippen molar-refractivity contribution >= 4 is 5.91 Å². The van der Waals surface area contributed by atoms with E-state index in [-0.39, 0.29) is 5.91 Å². The lowest BCUT2D eigenvalue weighted by Crippen LogP contribution is -2.42. The molecular formula is C16H26N2O3. The Kier molecular flexibility index (Phi) is 6.03. The van der Waals surface area contributed by atoms with Crippen molar-refractivity contribution in [3.05, 3.63) is 23.8 Å². The molecule has 0 saturated heterocycles. The zero-order valence-electron chi connectivity index (χ0n) is 13.8. The minimum absolute atomic E-state index is 0.00318. The van der Waals surface area contributed by atoms with Crippen LogP contribution in [0, 0.1) is 0 Å². The molecule has 0 radical (unpaired) electrons. The molecule has 5 heteroatoms. The van der Waals surface area contributed by atoms with Crippen LogP contribution in [-0.4, -0.2) is 52.2 Å². The van der Waals surface area contributed by atoms with Crippen molar-refractivity contribution in [2.24, 2.45) is 0 Å². The summed E-state index contributed by atoms with van der Waals surface area (Å²) in [6.07, 6.45) is 0. The van der Waals surface area contributed by atoms with Gasteiger partial charge in [-0.15, -0.1) is 0 Å².